The highest BCUT2D eigenvalue weighted by Gasteiger charge is 2.25. The Labute approximate surface area is 124 Å². The molecule has 6 nitrogen and oxygen atoms in total. The van der Waals surface area contributed by atoms with E-state index in [4.69, 9.17) is 5.11 Å². The Kier molecular flexibility index (Phi) is 5.94. The molecule has 2 atom stereocenters. The zero-order chi connectivity index (χ0) is 15.3. The van der Waals surface area contributed by atoms with Crippen LogP contribution in [0.5, 0.6) is 0 Å². The van der Waals surface area contributed by atoms with Crippen molar-refractivity contribution in [2.75, 3.05) is 0 Å². The van der Waals surface area contributed by atoms with Crippen molar-refractivity contribution in [2.45, 2.75) is 32.9 Å². The molecule has 0 fully saturated rings. The van der Waals surface area contributed by atoms with Crippen molar-refractivity contribution in [3.63, 3.8) is 0 Å². The van der Waals surface area contributed by atoms with Crippen molar-refractivity contribution in [1.29, 1.82) is 0 Å². The second kappa shape index (κ2) is 7.23. The maximum Gasteiger partial charge on any atom is 0.326 e. The summed E-state index contributed by atoms with van der Waals surface area (Å²) < 4.78 is 1.89. The molecule has 0 radical (unpaired) electrons. The number of carboxylic acids is 1. The zero-order valence-electron chi connectivity index (χ0n) is 11.3. The molecular formula is C13H17BrN2O4. The van der Waals surface area contributed by atoms with Crippen molar-refractivity contribution < 1.29 is 14.7 Å². The normalized spacial score (nSPS) is 13.6. The van der Waals surface area contributed by atoms with Crippen molar-refractivity contribution in [1.82, 2.24) is 9.88 Å². The maximum atomic E-state index is 11.9. The Balaban J connectivity index is 2.78. The van der Waals surface area contributed by atoms with Gasteiger partial charge in [-0.15, -0.1) is 0 Å². The molecule has 7 heteroatoms. The van der Waals surface area contributed by atoms with E-state index in [2.05, 4.69) is 21.2 Å². The number of halogens is 1. The molecule has 1 heterocycles. The van der Waals surface area contributed by atoms with E-state index in [0.717, 1.165) is 0 Å². The van der Waals surface area contributed by atoms with Gasteiger partial charge in [-0.25, -0.2) is 4.79 Å². The molecule has 1 aromatic rings. The number of aliphatic carboxylic acids is 1. The predicted molar refractivity (Wildman–Crippen MR) is 77.4 cm³/mol. The highest BCUT2D eigenvalue weighted by atomic mass is 79.9. The van der Waals surface area contributed by atoms with Gasteiger partial charge >= 0.3 is 5.97 Å². The number of carbonyl (C=O) groups is 2. The average molecular weight is 345 g/mol. The summed E-state index contributed by atoms with van der Waals surface area (Å²) in [5, 5.41) is 11.5. The molecule has 1 unspecified atom stereocenters. The second-order valence-electron chi connectivity index (χ2n) is 4.58. The lowest BCUT2D eigenvalue weighted by Gasteiger charge is -2.20. The monoisotopic (exact) mass is 344 g/mol. The van der Waals surface area contributed by atoms with Gasteiger partial charge in [-0.2, -0.15) is 0 Å². The van der Waals surface area contributed by atoms with Gasteiger partial charge in [0, 0.05) is 16.7 Å². The van der Waals surface area contributed by atoms with Crippen LogP contribution in [0.1, 0.15) is 20.3 Å². The van der Waals surface area contributed by atoms with Crippen LogP contribution in [0.4, 0.5) is 0 Å². The highest BCUT2D eigenvalue weighted by molar-refractivity contribution is 9.10. The van der Waals surface area contributed by atoms with Gasteiger partial charge in [0.05, 0.1) is 0 Å². The summed E-state index contributed by atoms with van der Waals surface area (Å²) in [7, 11) is 0. The fraction of sp³-hybridized carbons (Fsp3) is 0.462. The molecule has 0 aromatic carbocycles. The molecule has 1 aromatic heterocycles. The lowest BCUT2D eigenvalue weighted by Crippen LogP contribution is -2.46. The number of amides is 1. The van der Waals surface area contributed by atoms with E-state index in [0.29, 0.717) is 10.9 Å². The summed E-state index contributed by atoms with van der Waals surface area (Å²) >= 11 is 3.21. The molecule has 0 aliphatic heterocycles. The quantitative estimate of drug-likeness (QED) is 0.812. The summed E-state index contributed by atoms with van der Waals surface area (Å²) in [5.41, 5.74) is -0.321. The van der Waals surface area contributed by atoms with Crippen LogP contribution < -0.4 is 10.9 Å². The number of carboxylic acid groups (broad SMARTS) is 1. The van der Waals surface area contributed by atoms with E-state index in [1.807, 2.05) is 6.92 Å². The van der Waals surface area contributed by atoms with Crippen molar-refractivity contribution >= 4 is 27.8 Å². The first-order valence-corrected chi connectivity index (χ1v) is 7.02. The lowest BCUT2D eigenvalue weighted by molar-refractivity contribution is -0.143. The molecule has 1 rings (SSSR count). The van der Waals surface area contributed by atoms with E-state index in [-0.39, 0.29) is 18.0 Å². The third kappa shape index (κ3) is 4.48. The van der Waals surface area contributed by atoms with Gasteiger partial charge in [0.2, 0.25) is 5.91 Å². The van der Waals surface area contributed by atoms with Gasteiger partial charge in [0.25, 0.3) is 5.56 Å². The van der Waals surface area contributed by atoms with Crippen molar-refractivity contribution in [3.05, 3.63) is 33.2 Å². The molecule has 1 amide bonds. The molecule has 0 bridgehead atoms. The molecule has 2 N–H and O–H groups in total. The van der Waals surface area contributed by atoms with Crippen LogP contribution in [0, 0.1) is 5.92 Å². The topological polar surface area (TPSA) is 88.4 Å². The first kappa shape index (κ1) is 16.4. The smallest absolute Gasteiger partial charge is 0.326 e. The van der Waals surface area contributed by atoms with Gasteiger partial charge in [0.1, 0.15) is 12.6 Å². The van der Waals surface area contributed by atoms with E-state index in [1.54, 1.807) is 13.0 Å². The van der Waals surface area contributed by atoms with Crippen LogP contribution in [0.25, 0.3) is 0 Å². The first-order valence-electron chi connectivity index (χ1n) is 6.23. The molecular weight excluding hydrogens is 328 g/mol. The fourth-order valence-corrected chi connectivity index (χ4v) is 2.06. The zero-order valence-corrected chi connectivity index (χ0v) is 12.9. The molecule has 20 heavy (non-hydrogen) atoms. The van der Waals surface area contributed by atoms with Crippen LogP contribution in [-0.4, -0.2) is 27.6 Å². The summed E-state index contributed by atoms with van der Waals surface area (Å²) in [4.78, 5) is 34.5. The molecule has 0 spiro atoms. The van der Waals surface area contributed by atoms with Crippen molar-refractivity contribution in [2.24, 2.45) is 5.92 Å². The SMILES string of the molecule is CCC(C)[C@H](NC(=O)Cn1cc(Br)ccc1=O)C(=O)O. The van der Waals surface area contributed by atoms with Gasteiger partial charge < -0.3 is 15.0 Å². The Morgan fingerprint density at radius 2 is 2.10 bits per heavy atom. The number of hydrogen-bond donors (Lipinski definition) is 2. The van der Waals surface area contributed by atoms with Crippen LogP contribution in [0.2, 0.25) is 0 Å². The molecule has 0 saturated carbocycles. The van der Waals surface area contributed by atoms with Gasteiger partial charge in [-0.3, -0.25) is 9.59 Å². The summed E-state index contributed by atoms with van der Waals surface area (Å²) in [6.45, 7) is 3.40. The third-order valence-electron chi connectivity index (χ3n) is 3.06. The average Bonchev–Trinajstić information content (AvgIpc) is 2.39. The highest BCUT2D eigenvalue weighted by Crippen LogP contribution is 2.08. The Bertz CT molecular complexity index is 556. The molecule has 0 aliphatic carbocycles. The van der Waals surface area contributed by atoms with E-state index in [9.17, 15) is 14.4 Å². The van der Waals surface area contributed by atoms with Gasteiger partial charge in [-0.05, 0) is 27.9 Å². The maximum absolute atomic E-state index is 11.9. The number of hydrogen-bond acceptors (Lipinski definition) is 3. The minimum absolute atomic E-state index is 0.185. The first-order chi connectivity index (χ1) is 9.35. The standard InChI is InChI=1S/C13H17BrN2O4/c1-3-8(2)12(13(19)20)15-10(17)7-16-6-9(14)4-5-11(16)18/h4-6,8,12H,3,7H2,1-2H3,(H,15,17)(H,19,20)/t8?,12-/m0/s1. The van der Waals surface area contributed by atoms with Crippen LogP contribution in [0.15, 0.2) is 27.6 Å². The van der Waals surface area contributed by atoms with Crippen LogP contribution >= 0.6 is 15.9 Å². The van der Waals surface area contributed by atoms with Gasteiger partial charge in [-0.1, -0.05) is 20.3 Å². The van der Waals surface area contributed by atoms with Gasteiger partial charge in [0.15, 0.2) is 0 Å². The number of pyridine rings is 1. The van der Waals surface area contributed by atoms with Crippen molar-refractivity contribution in [3.8, 4) is 0 Å². The Morgan fingerprint density at radius 3 is 2.65 bits per heavy atom. The number of nitrogens with zero attached hydrogens (tertiary/aromatic N) is 1. The third-order valence-corrected chi connectivity index (χ3v) is 3.53. The number of carbonyl (C=O) groups excluding carboxylic acids is 1. The summed E-state index contributed by atoms with van der Waals surface area (Å²) in [6.07, 6.45) is 2.12. The molecule has 0 saturated heterocycles. The Morgan fingerprint density at radius 1 is 1.45 bits per heavy atom. The second-order valence-corrected chi connectivity index (χ2v) is 5.50. The van der Waals surface area contributed by atoms with E-state index < -0.39 is 17.9 Å². The predicted octanol–water partition coefficient (Wildman–Crippen LogP) is 1.23. The minimum Gasteiger partial charge on any atom is -0.480 e. The minimum atomic E-state index is -1.07. The molecule has 110 valence electrons. The molecule has 0 aliphatic rings. The van der Waals surface area contributed by atoms with Crippen LogP contribution in [0.3, 0.4) is 0 Å². The lowest BCUT2D eigenvalue weighted by atomic mass is 9.99. The summed E-state index contributed by atoms with van der Waals surface area (Å²) in [6, 6.07) is 1.96. The van der Waals surface area contributed by atoms with E-state index in [1.165, 1.54) is 16.8 Å². The fourth-order valence-electron chi connectivity index (χ4n) is 1.68. The Hall–Kier alpha value is -1.63. The van der Waals surface area contributed by atoms with Crippen LogP contribution in [-0.2, 0) is 16.1 Å². The number of rotatable bonds is 6. The van der Waals surface area contributed by atoms with E-state index >= 15 is 0 Å². The number of aromatic nitrogens is 1. The number of nitrogens with one attached hydrogen (secondary N) is 1. The summed E-state index contributed by atoms with van der Waals surface area (Å²) in [5.74, 6) is -1.76. The largest absolute Gasteiger partial charge is 0.480 e.